The second-order valence-corrected chi connectivity index (χ2v) is 6.28. The Bertz CT molecular complexity index is 694. The highest BCUT2D eigenvalue weighted by Crippen LogP contribution is 2.30. The molecule has 2 atom stereocenters. The van der Waals surface area contributed by atoms with Crippen molar-refractivity contribution >= 4 is 11.9 Å². The van der Waals surface area contributed by atoms with E-state index in [1.165, 1.54) is 7.11 Å². The third-order valence-corrected chi connectivity index (χ3v) is 4.60. The fourth-order valence-corrected chi connectivity index (χ4v) is 3.41. The van der Waals surface area contributed by atoms with Crippen molar-refractivity contribution in [3.8, 4) is 0 Å². The van der Waals surface area contributed by atoms with E-state index in [2.05, 4.69) is 0 Å². The van der Waals surface area contributed by atoms with Crippen LogP contribution >= 0.6 is 0 Å². The quantitative estimate of drug-likeness (QED) is 0.865. The van der Waals surface area contributed by atoms with Gasteiger partial charge in [-0.3, -0.25) is 4.79 Å². The first kappa shape index (κ1) is 17.2. The number of hydrogen-bond donors (Lipinski definition) is 1. The molecule has 2 aromatic carbocycles. The highest BCUT2D eigenvalue weighted by atomic mass is 16.5. The minimum atomic E-state index is -0.623. The summed E-state index contributed by atoms with van der Waals surface area (Å²) in [5.41, 5.74) is 7.80. The number of ether oxygens (including phenoxy) is 1. The summed E-state index contributed by atoms with van der Waals surface area (Å²) >= 11 is 0. The molecular formula is C20H22N2O3. The van der Waals surface area contributed by atoms with Crippen LogP contribution in [0.15, 0.2) is 60.7 Å². The molecule has 0 spiro atoms. The topological polar surface area (TPSA) is 72.6 Å². The number of carbonyl (C=O) groups excluding carboxylic acids is 2. The summed E-state index contributed by atoms with van der Waals surface area (Å²) in [4.78, 5) is 27.1. The Morgan fingerprint density at radius 1 is 1.04 bits per heavy atom. The van der Waals surface area contributed by atoms with Crippen LogP contribution < -0.4 is 5.73 Å². The predicted octanol–water partition coefficient (Wildman–Crippen LogP) is 1.92. The Kier molecular flexibility index (Phi) is 5.14. The number of rotatable bonds is 4. The zero-order valence-electron chi connectivity index (χ0n) is 14.2. The van der Waals surface area contributed by atoms with Crippen molar-refractivity contribution in [2.45, 2.75) is 24.4 Å². The lowest BCUT2D eigenvalue weighted by Gasteiger charge is -2.28. The zero-order valence-corrected chi connectivity index (χ0v) is 14.2. The van der Waals surface area contributed by atoms with Gasteiger partial charge in [-0.05, 0) is 17.5 Å². The summed E-state index contributed by atoms with van der Waals surface area (Å²) < 4.78 is 4.87. The van der Waals surface area contributed by atoms with Crippen LogP contribution in [0.1, 0.15) is 23.5 Å². The Balaban J connectivity index is 1.98. The van der Waals surface area contributed by atoms with Gasteiger partial charge in [0.25, 0.3) is 0 Å². The van der Waals surface area contributed by atoms with Gasteiger partial charge in [0, 0.05) is 12.6 Å². The molecule has 0 bridgehead atoms. The highest BCUT2D eigenvalue weighted by Gasteiger charge is 2.41. The van der Waals surface area contributed by atoms with Crippen LogP contribution in [0.5, 0.6) is 0 Å². The molecule has 25 heavy (non-hydrogen) atoms. The van der Waals surface area contributed by atoms with Crippen molar-refractivity contribution in [2.24, 2.45) is 5.73 Å². The fraction of sp³-hybridized carbons (Fsp3) is 0.300. The van der Waals surface area contributed by atoms with Crippen molar-refractivity contribution < 1.29 is 14.3 Å². The van der Waals surface area contributed by atoms with Crippen LogP contribution in [0.4, 0.5) is 0 Å². The molecule has 0 aliphatic carbocycles. The number of nitrogens with zero attached hydrogens (tertiary/aromatic N) is 1. The summed E-state index contributed by atoms with van der Waals surface area (Å²) in [6, 6.07) is 18.3. The normalized spacial score (nSPS) is 19.9. The molecule has 5 nitrogen and oxygen atoms in total. The van der Waals surface area contributed by atoms with E-state index in [0.29, 0.717) is 13.0 Å². The Morgan fingerprint density at radius 3 is 2.04 bits per heavy atom. The summed E-state index contributed by atoms with van der Waals surface area (Å²) in [6.45, 7) is 0.356. The zero-order chi connectivity index (χ0) is 17.8. The first-order valence-electron chi connectivity index (χ1n) is 8.35. The summed E-state index contributed by atoms with van der Waals surface area (Å²) in [5, 5.41) is 0. The molecule has 1 saturated heterocycles. The summed E-state index contributed by atoms with van der Waals surface area (Å²) in [6.07, 6.45) is 0.425. The summed E-state index contributed by atoms with van der Waals surface area (Å²) in [5.74, 6) is -1.01. The lowest BCUT2D eigenvalue weighted by molar-refractivity contribution is -0.151. The number of methoxy groups -OCH3 is 1. The summed E-state index contributed by atoms with van der Waals surface area (Å²) in [7, 11) is 1.33. The molecule has 2 aromatic rings. The molecular weight excluding hydrogens is 316 g/mol. The third-order valence-electron chi connectivity index (χ3n) is 4.60. The van der Waals surface area contributed by atoms with Crippen LogP contribution in [0.3, 0.4) is 0 Å². The average molecular weight is 338 g/mol. The van der Waals surface area contributed by atoms with Crippen molar-refractivity contribution in [2.75, 3.05) is 13.7 Å². The van der Waals surface area contributed by atoms with E-state index >= 15 is 0 Å². The molecule has 0 unspecified atom stereocenters. The van der Waals surface area contributed by atoms with Crippen LogP contribution in [-0.2, 0) is 14.3 Å². The van der Waals surface area contributed by atoms with Crippen molar-refractivity contribution in [3.63, 3.8) is 0 Å². The maximum Gasteiger partial charge on any atom is 0.328 e. The third kappa shape index (κ3) is 3.56. The van der Waals surface area contributed by atoms with E-state index in [1.807, 2.05) is 60.7 Å². The molecule has 0 aromatic heterocycles. The first-order valence-corrected chi connectivity index (χ1v) is 8.35. The van der Waals surface area contributed by atoms with E-state index in [4.69, 9.17) is 10.5 Å². The fourth-order valence-electron chi connectivity index (χ4n) is 3.41. The van der Waals surface area contributed by atoms with Gasteiger partial charge in [0.2, 0.25) is 5.91 Å². The van der Waals surface area contributed by atoms with Gasteiger partial charge in [-0.25, -0.2) is 4.79 Å². The molecule has 0 radical (unpaired) electrons. The Labute approximate surface area is 147 Å². The molecule has 1 heterocycles. The van der Waals surface area contributed by atoms with Crippen molar-refractivity contribution in [3.05, 3.63) is 71.8 Å². The van der Waals surface area contributed by atoms with E-state index < -0.39 is 17.9 Å². The van der Waals surface area contributed by atoms with E-state index in [1.54, 1.807) is 4.90 Å². The standard InChI is InChI=1S/C20H22N2O3/c1-25-20(24)17-12-16(21)13-22(17)19(23)18(14-8-4-2-5-9-14)15-10-6-3-7-11-15/h2-11,16-18H,12-13,21H2,1H3/t16-,17-/m1/s1. The minimum Gasteiger partial charge on any atom is -0.467 e. The molecule has 2 N–H and O–H groups in total. The molecule has 1 amide bonds. The van der Waals surface area contributed by atoms with Crippen LogP contribution in [0.25, 0.3) is 0 Å². The predicted molar refractivity (Wildman–Crippen MR) is 94.8 cm³/mol. The van der Waals surface area contributed by atoms with E-state index in [9.17, 15) is 9.59 Å². The van der Waals surface area contributed by atoms with Gasteiger partial charge in [-0.1, -0.05) is 60.7 Å². The minimum absolute atomic E-state index is 0.124. The Hall–Kier alpha value is -2.66. The molecule has 1 aliphatic rings. The van der Waals surface area contributed by atoms with Crippen LogP contribution in [-0.4, -0.2) is 42.5 Å². The monoisotopic (exact) mass is 338 g/mol. The van der Waals surface area contributed by atoms with Crippen LogP contribution in [0, 0.1) is 0 Å². The molecule has 1 aliphatic heterocycles. The number of carbonyl (C=O) groups is 2. The lowest BCUT2D eigenvalue weighted by atomic mass is 9.90. The largest absolute Gasteiger partial charge is 0.467 e. The van der Waals surface area contributed by atoms with Gasteiger partial charge in [-0.15, -0.1) is 0 Å². The maximum absolute atomic E-state index is 13.4. The molecule has 0 saturated carbocycles. The lowest BCUT2D eigenvalue weighted by Crippen LogP contribution is -2.44. The van der Waals surface area contributed by atoms with Crippen molar-refractivity contribution in [1.82, 2.24) is 4.90 Å². The average Bonchev–Trinajstić information content (AvgIpc) is 3.05. The SMILES string of the molecule is COC(=O)[C@H]1C[C@@H](N)CN1C(=O)C(c1ccccc1)c1ccccc1. The first-order chi connectivity index (χ1) is 12.1. The number of nitrogens with two attached hydrogens (primary N) is 1. The smallest absolute Gasteiger partial charge is 0.328 e. The molecule has 130 valence electrons. The maximum atomic E-state index is 13.4. The number of amides is 1. The van der Waals surface area contributed by atoms with Gasteiger partial charge < -0.3 is 15.4 Å². The van der Waals surface area contributed by atoms with Crippen LogP contribution in [0.2, 0.25) is 0 Å². The second kappa shape index (κ2) is 7.49. The highest BCUT2D eigenvalue weighted by molar-refractivity contribution is 5.91. The van der Waals surface area contributed by atoms with Crippen molar-refractivity contribution in [1.29, 1.82) is 0 Å². The van der Waals surface area contributed by atoms with Gasteiger partial charge in [0.15, 0.2) is 0 Å². The van der Waals surface area contributed by atoms with E-state index in [-0.39, 0.29) is 11.9 Å². The Morgan fingerprint density at radius 2 is 1.56 bits per heavy atom. The number of esters is 1. The second-order valence-electron chi connectivity index (χ2n) is 6.28. The van der Waals surface area contributed by atoms with Gasteiger partial charge >= 0.3 is 5.97 Å². The number of benzene rings is 2. The molecule has 5 heteroatoms. The molecule has 3 rings (SSSR count). The number of likely N-dealkylation sites (tertiary alicyclic amines) is 1. The van der Waals surface area contributed by atoms with E-state index in [0.717, 1.165) is 11.1 Å². The number of hydrogen-bond acceptors (Lipinski definition) is 4. The molecule has 1 fully saturated rings. The van der Waals surface area contributed by atoms with Gasteiger partial charge in [0.1, 0.15) is 6.04 Å². The van der Waals surface area contributed by atoms with Gasteiger partial charge in [-0.2, -0.15) is 0 Å². The van der Waals surface area contributed by atoms with Gasteiger partial charge in [0.05, 0.1) is 13.0 Å².